The molecular formula is C12H8ClNS2. The Hall–Kier alpha value is -0.900. The zero-order valence-corrected chi connectivity index (χ0v) is 10.7. The summed E-state index contributed by atoms with van der Waals surface area (Å²) in [6.45, 7) is 0. The fourth-order valence-electron chi connectivity index (χ4n) is 1.87. The van der Waals surface area contributed by atoms with Crippen LogP contribution in [0.4, 0.5) is 0 Å². The lowest BCUT2D eigenvalue weighted by Crippen LogP contribution is -1.73. The minimum absolute atomic E-state index is 0.806. The second-order valence-electron chi connectivity index (χ2n) is 3.50. The van der Waals surface area contributed by atoms with E-state index in [0.29, 0.717) is 0 Å². The van der Waals surface area contributed by atoms with Gasteiger partial charge in [0.15, 0.2) is 0 Å². The molecule has 80 valence electrons. The quantitative estimate of drug-likeness (QED) is 0.586. The zero-order chi connectivity index (χ0) is 11.1. The number of H-pyrrole nitrogens is 1. The van der Waals surface area contributed by atoms with Crippen LogP contribution in [0.3, 0.4) is 0 Å². The third-order valence-electron chi connectivity index (χ3n) is 2.57. The van der Waals surface area contributed by atoms with Crippen molar-refractivity contribution in [3.63, 3.8) is 0 Å². The number of fused-ring (bicyclic) bond motifs is 1. The largest absolute Gasteiger partial charge is 0.349 e. The van der Waals surface area contributed by atoms with Crippen molar-refractivity contribution in [2.24, 2.45) is 0 Å². The Morgan fingerprint density at radius 1 is 1.19 bits per heavy atom. The highest BCUT2D eigenvalue weighted by Gasteiger charge is 2.13. The van der Waals surface area contributed by atoms with E-state index >= 15 is 0 Å². The van der Waals surface area contributed by atoms with Crippen LogP contribution >= 0.6 is 35.6 Å². The molecule has 1 nitrogen and oxygen atoms in total. The standard InChI is InChI=1S/C12H8ClNS2/c13-11-8(5-6-16-11)10-7-3-1-2-4-9(7)14-12(10)15/h1-6,14-15H. The van der Waals surface area contributed by atoms with Gasteiger partial charge in [-0.3, -0.25) is 0 Å². The number of benzene rings is 1. The number of hydrogen-bond donors (Lipinski definition) is 2. The molecule has 1 N–H and O–H groups in total. The van der Waals surface area contributed by atoms with Gasteiger partial charge in [0.2, 0.25) is 0 Å². The van der Waals surface area contributed by atoms with Crippen molar-refractivity contribution < 1.29 is 0 Å². The van der Waals surface area contributed by atoms with Gasteiger partial charge in [-0.05, 0) is 17.5 Å². The van der Waals surface area contributed by atoms with Crippen molar-refractivity contribution in [1.82, 2.24) is 4.98 Å². The van der Waals surface area contributed by atoms with Crippen molar-refractivity contribution in [2.45, 2.75) is 5.03 Å². The maximum atomic E-state index is 6.17. The third-order valence-corrected chi connectivity index (χ3v) is 4.08. The molecule has 3 rings (SSSR count). The molecule has 16 heavy (non-hydrogen) atoms. The maximum Gasteiger partial charge on any atom is 0.101 e. The van der Waals surface area contributed by atoms with Gasteiger partial charge in [0.1, 0.15) is 4.34 Å². The Kier molecular flexibility index (Phi) is 2.46. The van der Waals surface area contributed by atoms with Crippen molar-refractivity contribution in [3.8, 4) is 11.1 Å². The van der Waals surface area contributed by atoms with Gasteiger partial charge in [-0.2, -0.15) is 0 Å². The first-order valence-corrected chi connectivity index (χ1v) is 6.51. The fourth-order valence-corrected chi connectivity index (χ4v) is 3.17. The molecule has 0 saturated heterocycles. The first kappa shape index (κ1) is 10.3. The van der Waals surface area contributed by atoms with E-state index in [0.717, 1.165) is 31.4 Å². The highest BCUT2D eigenvalue weighted by atomic mass is 35.5. The molecular weight excluding hydrogens is 258 g/mol. The van der Waals surface area contributed by atoms with E-state index in [2.05, 4.69) is 23.7 Å². The summed E-state index contributed by atoms with van der Waals surface area (Å²) >= 11 is 12.2. The molecule has 0 bridgehead atoms. The first-order valence-electron chi connectivity index (χ1n) is 4.80. The van der Waals surface area contributed by atoms with Gasteiger partial charge in [-0.15, -0.1) is 24.0 Å². The molecule has 0 aliphatic heterocycles. The molecule has 0 amide bonds. The van der Waals surface area contributed by atoms with Gasteiger partial charge in [0.05, 0.1) is 5.03 Å². The number of aromatic nitrogens is 1. The Morgan fingerprint density at radius 2 is 2.00 bits per heavy atom. The van der Waals surface area contributed by atoms with Crippen LogP contribution in [0.5, 0.6) is 0 Å². The molecule has 0 fully saturated rings. The van der Waals surface area contributed by atoms with Gasteiger partial charge >= 0.3 is 0 Å². The number of rotatable bonds is 1. The molecule has 1 aromatic carbocycles. The monoisotopic (exact) mass is 265 g/mol. The van der Waals surface area contributed by atoms with Crippen molar-refractivity contribution in [1.29, 1.82) is 0 Å². The Balaban J connectivity index is 2.39. The molecule has 3 aromatic rings. The summed E-state index contributed by atoms with van der Waals surface area (Å²) in [6.07, 6.45) is 0. The van der Waals surface area contributed by atoms with Gasteiger partial charge in [-0.1, -0.05) is 29.8 Å². The Morgan fingerprint density at radius 3 is 2.75 bits per heavy atom. The number of thiophene rings is 1. The van der Waals surface area contributed by atoms with Crippen LogP contribution in [0.2, 0.25) is 4.34 Å². The minimum atomic E-state index is 0.806. The molecule has 2 heterocycles. The van der Waals surface area contributed by atoms with Crippen molar-refractivity contribution in [2.75, 3.05) is 0 Å². The van der Waals surface area contributed by atoms with E-state index < -0.39 is 0 Å². The van der Waals surface area contributed by atoms with E-state index in [1.807, 2.05) is 29.6 Å². The summed E-state index contributed by atoms with van der Waals surface area (Å²) in [4.78, 5) is 3.25. The number of thiol groups is 1. The number of halogens is 1. The lowest BCUT2D eigenvalue weighted by molar-refractivity contribution is 1.25. The highest BCUT2D eigenvalue weighted by Crippen LogP contribution is 2.40. The molecule has 0 aliphatic carbocycles. The Labute approximate surface area is 107 Å². The van der Waals surface area contributed by atoms with Gasteiger partial charge in [0, 0.05) is 22.0 Å². The van der Waals surface area contributed by atoms with E-state index in [-0.39, 0.29) is 0 Å². The molecule has 0 unspecified atom stereocenters. The Bertz CT molecular complexity index is 654. The summed E-state index contributed by atoms with van der Waals surface area (Å²) in [5.41, 5.74) is 3.23. The van der Waals surface area contributed by atoms with E-state index in [4.69, 9.17) is 11.6 Å². The lowest BCUT2D eigenvalue weighted by Gasteiger charge is -1.98. The number of para-hydroxylation sites is 1. The molecule has 2 aromatic heterocycles. The van der Waals surface area contributed by atoms with Crippen LogP contribution in [0.1, 0.15) is 0 Å². The van der Waals surface area contributed by atoms with Gasteiger partial charge < -0.3 is 4.98 Å². The number of hydrogen-bond acceptors (Lipinski definition) is 2. The summed E-state index contributed by atoms with van der Waals surface area (Å²) in [6, 6.07) is 10.2. The van der Waals surface area contributed by atoms with Crippen LogP contribution < -0.4 is 0 Å². The van der Waals surface area contributed by atoms with E-state index in [9.17, 15) is 0 Å². The topological polar surface area (TPSA) is 15.8 Å². The predicted octanol–water partition coefficient (Wildman–Crippen LogP) is 4.84. The first-order chi connectivity index (χ1) is 7.77. The van der Waals surface area contributed by atoms with E-state index in [1.54, 1.807) is 0 Å². The summed E-state index contributed by atoms with van der Waals surface area (Å²) in [7, 11) is 0. The summed E-state index contributed by atoms with van der Waals surface area (Å²) in [5, 5.41) is 4.02. The van der Waals surface area contributed by atoms with Crippen LogP contribution in [-0.2, 0) is 0 Å². The fraction of sp³-hybridized carbons (Fsp3) is 0. The third kappa shape index (κ3) is 1.47. The molecule has 0 aliphatic rings. The average molecular weight is 266 g/mol. The van der Waals surface area contributed by atoms with Gasteiger partial charge in [-0.25, -0.2) is 0 Å². The second kappa shape index (κ2) is 3.84. The molecule has 0 saturated carbocycles. The van der Waals surface area contributed by atoms with E-state index in [1.165, 1.54) is 11.3 Å². The maximum absolute atomic E-state index is 6.17. The average Bonchev–Trinajstić information content (AvgIpc) is 2.81. The van der Waals surface area contributed by atoms with Crippen LogP contribution in [0.15, 0.2) is 40.7 Å². The smallest absolute Gasteiger partial charge is 0.101 e. The molecule has 0 atom stereocenters. The van der Waals surface area contributed by atoms with Crippen LogP contribution in [-0.4, -0.2) is 4.98 Å². The normalized spacial score (nSPS) is 11.1. The lowest BCUT2D eigenvalue weighted by atomic mass is 10.1. The highest BCUT2D eigenvalue weighted by molar-refractivity contribution is 7.80. The zero-order valence-electron chi connectivity index (χ0n) is 8.20. The van der Waals surface area contributed by atoms with Gasteiger partial charge in [0.25, 0.3) is 0 Å². The molecule has 4 heteroatoms. The SMILES string of the molecule is Sc1[nH]c2ccccc2c1-c1ccsc1Cl. The molecule has 0 radical (unpaired) electrons. The second-order valence-corrected chi connectivity index (χ2v) is 5.47. The molecule has 0 spiro atoms. The predicted molar refractivity (Wildman–Crippen MR) is 73.9 cm³/mol. The number of aromatic amines is 1. The number of nitrogens with one attached hydrogen (secondary N) is 1. The van der Waals surface area contributed by atoms with Crippen molar-refractivity contribution in [3.05, 3.63) is 40.0 Å². The van der Waals surface area contributed by atoms with Crippen LogP contribution in [0, 0.1) is 0 Å². The summed E-state index contributed by atoms with van der Waals surface area (Å²) < 4.78 is 0.806. The van der Waals surface area contributed by atoms with Crippen molar-refractivity contribution >= 4 is 46.5 Å². The van der Waals surface area contributed by atoms with Crippen LogP contribution in [0.25, 0.3) is 22.0 Å². The minimum Gasteiger partial charge on any atom is -0.349 e. The summed E-state index contributed by atoms with van der Waals surface area (Å²) in [5.74, 6) is 0.